The first-order chi connectivity index (χ1) is 15.0. The zero-order valence-electron chi connectivity index (χ0n) is 17.4. The van der Waals surface area contributed by atoms with Gasteiger partial charge in [0.1, 0.15) is 24.0 Å². The Morgan fingerprint density at radius 1 is 1.06 bits per heavy atom. The number of aromatic nitrogens is 2. The Balaban J connectivity index is 1.48. The molecule has 1 aliphatic heterocycles. The van der Waals surface area contributed by atoms with Crippen LogP contribution in [0.4, 0.5) is 4.39 Å². The Bertz CT molecular complexity index is 1310. The molecule has 156 valence electrons. The number of H-pyrrole nitrogens is 1. The Morgan fingerprint density at radius 2 is 1.87 bits per heavy atom. The van der Waals surface area contributed by atoms with E-state index in [9.17, 15) is 9.18 Å². The smallest absolute Gasteiger partial charge is 0.254 e. The first-order valence-corrected chi connectivity index (χ1v) is 10.3. The number of benzene rings is 3. The maximum absolute atomic E-state index is 13.7. The number of ether oxygens (including phenoxy) is 1. The van der Waals surface area contributed by atoms with Crippen molar-refractivity contribution >= 4 is 16.9 Å². The predicted molar refractivity (Wildman–Crippen MR) is 118 cm³/mol. The van der Waals surface area contributed by atoms with Gasteiger partial charge in [-0.2, -0.15) is 0 Å². The number of carbonyl (C=O) groups is 1. The van der Waals surface area contributed by atoms with E-state index in [1.807, 2.05) is 38.1 Å². The summed E-state index contributed by atoms with van der Waals surface area (Å²) in [6, 6.07) is 16.5. The number of aromatic amines is 1. The summed E-state index contributed by atoms with van der Waals surface area (Å²) in [5.74, 6) is 1.05. The Morgan fingerprint density at radius 3 is 2.74 bits per heavy atom. The van der Waals surface area contributed by atoms with Crippen molar-refractivity contribution < 1.29 is 13.9 Å². The molecule has 5 nitrogen and oxygen atoms in total. The van der Waals surface area contributed by atoms with Crippen LogP contribution in [0.1, 0.15) is 27.3 Å². The van der Waals surface area contributed by atoms with E-state index in [4.69, 9.17) is 4.74 Å². The van der Waals surface area contributed by atoms with Crippen LogP contribution < -0.4 is 4.74 Å². The molecule has 0 saturated heterocycles. The van der Waals surface area contributed by atoms with Gasteiger partial charge in [0.2, 0.25) is 0 Å². The largest absolute Gasteiger partial charge is 0.491 e. The fraction of sp³-hybridized carbons (Fsp3) is 0.200. The van der Waals surface area contributed by atoms with Crippen LogP contribution in [0.3, 0.4) is 0 Å². The summed E-state index contributed by atoms with van der Waals surface area (Å²) in [6.45, 7) is 5.00. The molecule has 31 heavy (non-hydrogen) atoms. The number of hydrogen-bond acceptors (Lipinski definition) is 3. The summed E-state index contributed by atoms with van der Waals surface area (Å²) >= 11 is 0. The number of nitrogens with zero attached hydrogens (tertiary/aromatic N) is 2. The van der Waals surface area contributed by atoms with Crippen LogP contribution in [-0.4, -0.2) is 33.9 Å². The fourth-order valence-corrected chi connectivity index (χ4v) is 4.06. The van der Waals surface area contributed by atoms with E-state index in [1.54, 1.807) is 11.0 Å². The van der Waals surface area contributed by atoms with Crippen LogP contribution in [0.15, 0.2) is 54.6 Å². The number of rotatable bonds is 2. The molecule has 6 heteroatoms. The molecule has 3 aromatic carbocycles. The molecule has 0 unspecified atom stereocenters. The number of halogens is 1. The lowest BCUT2D eigenvalue weighted by atomic mass is 10.0. The SMILES string of the molecule is Cc1nc2ccc(-c3ccc4c(c3)CN(C(=O)c3cc(F)ccc3C)CCO4)cc2[nH]1. The summed E-state index contributed by atoms with van der Waals surface area (Å²) in [6.07, 6.45) is 0. The summed E-state index contributed by atoms with van der Waals surface area (Å²) in [5, 5.41) is 0. The fourth-order valence-electron chi connectivity index (χ4n) is 4.06. The second-order valence-corrected chi connectivity index (χ2v) is 7.91. The molecular weight excluding hydrogens is 393 g/mol. The highest BCUT2D eigenvalue weighted by molar-refractivity contribution is 5.95. The van der Waals surface area contributed by atoms with E-state index in [2.05, 4.69) is 22.1 Å². The summed E-state index contributed by atoms with van der Waals surface area (Å²) in [5.41, 5.74) is 6.09. The quantitative estimate of drug-likeness (QED) is 0.500. The molecule has 1 N–H and O–H groups in total. The Labute approximate surface area is 179 Å². The van der Waals surface area contributed by atoms with Crippen molar-refractivity contribution in [3.05, 3.63) is 82.9 Å². The lowest BCUT2D eigenvalue weighted by molar-refractivity contribution is 0.0732. The van der Waals surface area contributed by atoms with Crippen molar-refractivity contribution in [1.82, 2.24) is 14.9 Å². The molecular formula is C25H22FN3O2. The highest BCUT2D eigenvalue weighted by Gasteiger charge is 2.23. The normalized spacial score (nSPS) is 13.6. The average molecular weight is 415 g/mol. The summed E-state index contributed by atoms with van der Waals surface area (Å²) in [7, 11) is 0. The third kappa shape index (κ3) is 3.65. The molecule has 4 aromatic rings. The van der Waals surface area contributed by atoms with Crippen molar-refractivity contribution in [1.29, 1.82) is 0 Å². The zero-order chi connectivity index (χ0) is 21.5. The molecule has 5 rings (SSSR count). The van der Waals surface area contributed by atoms with Crippen molar-refractivity contribution in [3.8, 4) is 16.9 Å². The second kappa shape index (κ2) is 7.54. The molecule has 0 atom stereocenters. The number of nitrogens with one attached hydrogen (secondary N) is 1. The van der Waals surface area contributed by atoms with Crippen molar-refractivity contribution in [2.24, 2.45) is 0 Å². The topological polar surface area (TPSA) is 58.2 Å². The van der Waals surface area contributed by atoms with Gasteiger partial charge in [-0.15, -0.1) is 0 Å². The number of aryl methyl sites for hydroxylation is 2. The van der Waals surface area contributed by atoms with Gasteiger partial charge in [-0.25, -0.2) is 9.37 Å². The Kier molecular flexibility index (Phi) is 4.70. The van der Waals surface area contributed by atoms with Gasteiger partial charge >= 0.3 is 0 Å². The number of fused-ring (bicyclic) bond motifs is 2. The number of imidazole rings is 1. The van der Waals surface area contributed by atoms with Crippen LogP contribution in [-0.2, 0) is 6.54 Å². The van der Waals surface area contributed by atoms with Crippen molar-refractivity contribution in [3.63, 3.8) is 0 Å². The van der Waals surface area contributed by atoms with Crippen LogP contribution in [0.25, 0.3) is 22.2 Å². The van der Waals surface area contributed by atoms with Gasteiger partial charge in [0.15, 0.2) is 0 Å². The molecule has 0 spiro atoms. The van der Waals surface area contributed by atoms with Gasteiger partial charge in [0.05, 0.1) is 17.6 Å². The number of carbonyl (C=O) groups excluding carboxylic acids is 1. The molecule has 1 aromatic heterocycles. The van der Waals surface area contributed by atoms with Crippen molar-refractivity contribution in [2.75, 3.05) is 13.2 Å². The molecule has 0 radical (unpaired) electrons. The first-order valence-electron chi connectivity index (χ1n) is 10.3. The third-order valence-electron chi connectivity index (χ3n) is 5.69. The molecule has 0 aliphatic carbocycles. The van der Waals surface area contributed by atoms with Gasteiger partial charge in [-0.05, 0) is 66.9 Å². The molecule has 1 aliphatic rings. The van der Waals surface area contributed by atoms with E-state index >= 15 is 0 Å². The second-order valence-electron chi connectivity index (χ2n) is 7.91. The van der Waals surface area contributed by atoms with Crippen LogP contribution in [0, 0.1) is 19.7 Å². The van der Waals surface area contributed by atoms with Gasteiger partial charge < -0.3 is 14.6 Å². The van der Waals surface area contributed by atoms with Crippen LogP contribution >= 0.6 is 0 Å². The average Bonchev–Trinajstić information content (AvgIpc) is 3.00. The minimum absolute atomic E-state index is 0.187. The molecule has 2 heterocycles. The minimum Gasteiger partial charge on any atom is -0.491 e. The standard InChI is InChI=1S/C25H22FN3O2/c1-15-3-6-20(26)13-21(15)25(30)29-9-10-31-24-8-5-17(11-19(24)14-29)18-4-7-22-23(12-18)28-16(2)27-22/h3-8,11-13H,9-10,14H2,1-2H3,(H,27,28). The maximum atomic E-state index is 13.7. The van der Waals surface area contributed by atoms with Crippen LogP contribution in [0.2, 0.25) is 0 Å². The molecule has 0 fully saturated rings. The van der Waals surface area contributed by atoms with E-state index in [1.165, 1.54) is 12.1 Å². The number of hydrogen-bond donors (Lipinski definition) is 1. The van der Waals surface area contributed by atoms with E-state index in [0.717, 1.165) is 44.9 Å². The van der Waals surface area contributed by atoms with Gasteiger partial charge in [-0.3, -0.25) is 4.79 Å². The monoisotopic (exact) mass is 415 g/mol. The lowest BCUT2D eigenvalue weighted by Gasteiger charge is -2.21. The molecule has 0 bridgehead atoms. The van der Waals surface area contributed by atoms with E-state index in [0.29, 0.717) is 25.3 Å². The van der Waals surface area contributed by atoms with E-state index < -0.39 is 5.82 Å². The van der Waals surface area contributed by atoms with Gasteiger partial charge in [-0.1, -0.05) is 18.2 Å². The Hall–Kier alpha value is -3.67. The van der Waals surface area contributed by atoms with Crippen molar-refractivity contribution in [2.45, 2.75) is 20.4 Å². The van der Waals surface area contributed by atoms with Crippen LogP contribution in [0.5, 0.6) is 5.75 Å². The first kappa shape index (κ1) is 19.3. The summed E-state index contributed by atoms with van der Waals surface area (Å²) in [4.78, 5) is 22.6. The highest BCUT2D eigenvalue weighted by Crippen LogP contribution is 2.31. The number of amides is 1. The maximum Gasteiger partial charge on any atom is 0.254 e. The zero-order valence-corrected chi connectivity index (χ0v) is 17.4. The lowest BCUT2D eigenvalue weighted by Crippen LogP contribution is -2.33. The summed E-state index contributed by atoms with van der Waals surface area (Å²) < 4.78 is 19.6. The molecule has 1 amide bonds. The minimum atomic E-state index is -0.410. The van der Waals surface area contributed by atoms with Gasteiger partial charge in [0, 0.05) is 17.7 Å². The van der Waals surface area contributed by atoms with Gasteiger partial charge in [0.25, 0.3) is 5.91 Å². The predicted octanol–water partition coefficient (Wildman–Crippen LogP) is 5.02. The third-order valence-corrected chi connectivity index (χ3v) is 5.69. The van der Waals surface area contributed by atoms with E-state index in [-0.39, 0.29) is 5.91 Å². The highest BCUT2D eigenvalue weighted by atomic mass is 19.1. The molecule has 0 saturated carbocycles.